The highest BCUT2D eigenvalue weighted by Crippen LogP contribution is 2.73. The Labute approximate surface area is 356 Å². The number of Topliss-reactive ketones (excluding diaryl/α,β-unsaturated/α-hetero) is 1. The lowest BCUT2D eigenvalue weighted by atomic mass is 9.36. The van der Waals surface area contributed by atoms with Crippen LogP contribution < -0.4 is 10.3 Å². The van der Waals surface area contributed by atoms with Crippen LogP contribution in [0.1, 0.15) is 125 Å². The van der Waals surface area contributed by atoms with Crippen molar-refractivity contribution in [3.05, 3.63) is 56.5 Å². The Morgan fingerprint density at radius 2 is 1.61 bits per heavy atom. The average Bonchev–Trinajstić information content (AvgIpc) is 3.60. The molecule has 0 spiro atoms. The Kier molecular flexibility index (Phi) is 11.3. The summed E-state index contributed by atoms with van der Waals surface area (Å²) >= 11 is 7.35. The lowest BCUT2D eigenvalue weighted by Crippen LogP contribution is -2.63. The van der Waals surface area contributed by atoms with E-state index in [0.717, 1.165) is 62.6 Å². The minimum atomic E-state index is -1.18. The first kappa shape index (κ1) is 43.7. The van der Waals surface area contributed by atoms with Crippen molar-refractivity contribution in [3.8, 4) is 11.4 Å². The van der Waals surface area contributed by atoms with Crippen molar-refractivity contribution in [2.45, 2.75) is 138 Å². The predicted molar refractivity (Wildman–Crippen MR) is 230 cm³/mol. The Bertz CT molecular complexity index is 2090. The standard InChI is InChI=1S/C48H68ClN3O7/c1-28(2)38-33(53)26-48(41-40(49)42(55)52(51(41)25-24-50(9)10)29-12-14-30(58-11)15-13-29)23-18-32-31(39(38)48)16-17-35-46(32,7)21-19-34-45(5,6)36(20-22-47(34,35)8)59-37(54)27-44(3,4)43(56)57/h12-15,28,31-32,34-36H,16-27H2,1-11H3,(H,56,57). The van der Waals surface area contributed by atoms with E-state index in [-0.39, 0.29) is 57.0 Å². The molecule has 5 aliphatic carbocycles. The number of nitrogens with zero attached hydrogens (tertiary/aromatic N) is 3. The lowest BCUT2D eigenvalue weighted by Gasteiger charge is -2.68. The van der Waals surface area contributed by atoms with Gasteiger partial charge in [0.1, 0.15) is 16.9 Å². The zero-order chi connectivity index (χ0) is 43.2. The maximum atomic E-state index is 14.6. The number of carbonyl (C=O) groups is 3. The third-order valence-electron chi connectivity index (χ3n) is 16.6. The van der Waals surface area contributed by atoms with Crippen LogP contribution in [0, 0.1) is 51.2 Å². The van der Waals surface area contributed by atoms with E-state index in [1.54, 1.807) is 25.6 Å². The van der Waals surface area contributed by atoms with Gasteiger partial charge in [0.2, 0.25) is 0 Å². The maximum absolute atomic E-state index is 14.6. The number of hydrogen-bond acceptors (Lipinski definition) is 7. The fourth-order valence-corrected chi connectivity index (χ4v) is 14.2. The van der Waals surface area contributed by atoms with Crippen LogP contribution >= 0.6 is 11.6 Å². The molecule has 7 rings (SSSR count). The summed E-state index contributed by atoms with van der Waals surface area (Å²) in [6.45, 7) is 18.3. The molecule has 324 valence electrons. The van der Waals surface area contributed by atoms with Crippen molar-refractivity contribution >= 4 is 29.3 Å². The molecule has 0 saturated heterocycles. The van der Waals surface area contributed by atoms with Crippen molar-refractivity contribution in [1.29, 1.82) is 0 Å². The number of rotatable bonds is 11. The number of likely N-dealkylation sites (N-methyl/N-ethyl adjacent to an activating group) is 1. The number of halogens is 1. The molecule has 59 heavy (non-hydrogen) atoms. The molecule has 0 aliphatic heterocycles. The first-order valence-electron chi connectivity index (χ1n) is 22.1. The van der Waals surface area contributed by atoms with Crippen LogP contribution in [0.3, 0.4) is 0 Å². The molecule has 2 aromatic rings. The summed E-state index contributed by atoms with van der Waals surface area (Å²) in [5.41, 5.74) is 1.41. The zero-order valence-electron chi connectivity index (χ0n) is 37.4. The van der Waals surface area contributed by atoms with Gasteiger partial charge in [0.15, 0.2) is 5.78 Å². The number of ether oxygens (including phenoxy) is 2. The maximum Gasteiger partial charge on any atom is 0.309 e. The van der Waals surface area contributed by atoms with E-state index in [1.807, 2.05) is 38.4 Å². The van der Waals surface area contributed by atoms with Gasteiger partial charge in [-0.15, -0.1) is 0 Å². The topological polar surface area (TPSA) is 120 Å². The number of benzene rings is 1. The third kappa shape index (κ3) is 6.85. The van der Waals surface area contributed by atoms with Gasteiger partial charge in [-0.3, -0.25) is 23.9 Å². The van der Waals surface area contributed by atoms with E-state index in [9.17, 15) is 24.3 Å². The number of carboxylic acids is 1. The average molecular weight is 835 g/mol. The van der Waals surface area contributed by atoms with Gasteiger partial charge in [-0.25, -0.2) is 4.68 Å². The van der Waals surface area contributed by atoms with E-state index in [4.69, 9.17) is 21.1 Å². The monoisotopic (exact) mass is 833 g/mol. The molecule has 11 heteroatoms. The summed E-state index contributed by atoms with van der Waals surface area (Å²) in [6.07, 6.45) is 7.46. The first-order valence-corrected chi connectivity index (χ1v) is 22.4. The van der Waals surface area contributed by atoms with E-state index in [0.29, 0.717) is 48.7 Å². The summed E-state index contributed by atoms with van der Waals surface area (Å²) < 4.78 is 15.5. The number of aromatic nitrogens is 2. The molecule has 0 radical (unpaired) electrons. The third-order valence-corrected chi connectivity index (χ3v) is 16.9. The van der Waals surface area contributed by atoms with Crippen LogP contribution in [-0.4, -0.2) is 70.9 Å². The van der Waals surface area contributed by atoms with Gasteiger partial charge in [0, 0.05) is 23.8 Å². The number of esters is 1. The number of carboxylic acid groups (broad SMARTS) is 1. The zero-order valence-corrected chi connectivity index (χ0v) is 38.1. The van der Waals surface area contributed by atoms with Gasteiger partial charge in [0.25, 0.3) is 5.56 Å². The summed E-state index contributed by atoms with van der Waals surface area (Å²) in [5.74, 6) is 0.888. The number of methoxy groups -OCH3 is 1. The molecule has 10 nitrogen and oxygen atoms in total. The summed E-state index contributed by atoms with van der Waals surface area (Å²) in [7, 11) is 5.69. The number of hydrogen-bond donors (Lipinski definition) is 1. The highest BCUT2D eigenvalue weighted by molar-refractivity contribution is 6.31. The first-order chi connectivity index (χ1) is 27.5. The second kappa shape index (κ2) is 15.2. The number of aliphatic carboxylic acids is 1. The van der Waals surface area contributed by atoms with Crippen molar-refractivity contribution < 1.29 is 29.0 Å². The van der Waals surface area contributed by atoms with Crippen molar-refractivity contribution in [2.75, 3.05) is 27.7 Å². The fourth-order valence-electron chi connectivity index (χ4n) is 13.9. The highest BCUT2D eigenvalue weighted by Gasteiger charge is 2.67. The molecule has 8 unspecified atom stereocenters. The van der Waals surface area contributed by atoms with E-state index in [2.05, 4.69) is 51.1 Å². The summed E-state index contributed by atoms with van der Waals surface area (Å²) in [5, 5.41) is 9.88. The van der Waals surface area contributed by atoms with Gasteiger partial charge in [-0.1, -0.05) is 53.1 Å². The van der Waals surface area contributed by atoms with E-state index < -0.39 is 22.8 Å². The molecule has 5 aliphatic rings. The van der Waals surface area contributed by atoms with Crippen LogP contribution in [0.5, 0.6) is 5.75 Å². The van der Waals surface area contributed by atoms with Crippen LogP contribution in [0.2, 0.25) is 5.02 Å². The van der Waals surface area contributed by atoms with Gasteiger partial charge in [-0.2, -0.15) is 0 Å². The van der Waals surface area contributed by atoms with Crippen molar-refractivity contribution in [1.82, 2.24) is 14.3 Å². The SMILES string of the molecule is COc1ccc(-n2c(=O)c(Cl)c(C34CCC5C(CCC6C5(C)CCC5C(C)(C)C(OC(=O)CC(C)(C)C(=O)O)CCC56C)C3=C(C(C)C)C(=O)C4)n2CCN(C)C)cc1. The fraction of sp³-hybridized carbons (Fsp3) is 0.708. The van der Waals surface area contributed by atoms with Gasteiger partial charge in [0.05, 0.1) is 36.9 Å². The van der Waals surface area contributed by atoms with Crippen molar-refractivity contribution in [2.24, 2.45) is 51.2 Å². The van der Waals surface area contributed by atoms with Crippen LogP contribution in [0.25, 0.3) is 5.69 Å². The van der Waals surface area contributed by atoms with Gasteiger partial charge >= 0.3 is 11.9 Å². The Morgan fingerprint density at radius 3 is 2.22 bits per heavy atom. The Morgan fingerprint density at radius 1 is 0.949 bits per heavy atom. The number of allylic oxidation sites excluding steroid dienone is 2. The van der Waals surface area contributed by atoms with E-state index in [1.165, 1.54) is 5.57 Å². The molecule has 1 heterocycles. The molecule has 0 amide bonds. The minimum absolute atomic E-state index is 0.0333. The van der Waals surface area contributed by atoms with Crippen LogP contribution in [0.4, 0.5) is 0 Å². The summed E-state index contributed by atoms with van der Waals surface area (Å²) in [6, 6.07) is 7.52. The van der Waals surface area contributed by atoms with E-state index >= 15 is 0 Å². The molecule has 4 saturated carbocycles. The normalized spacial score (nSPS) is 32.7. The Balaban J connectivity index is 1.26. The van der Waals surface area contributed by atoms with Crippen molar-refractivity contribution in [3.63, 3.8) is 0 Å². The van der Waals surface area contributed by atoms with Crippen LogP contribution in [0.15, 0.2) is 40.2 Å². The molecule has 4 fully saturated rings. The second-order valence-corrected chi connectivity index (χ2v) is 21.6. The quantitative estimate of drug-likeness (QED) is 0.223. The molecular formula is C48H68ClN3O7. The summed E-state index contributed by atoms with van der Waals surface area (Å²) in [4.78, 5) is 56.1. The smallest absolute Gasteiger partial charge is 0.309 e. The van der Waals surface area contributed by atoms with Gasteiger partial charge in [-0.05, 0) is 155 Å². The molecule has 8 atom stereocenters. The number of fused-ring (bicyclic) bond motifs is 7. The largest absolute Gasteiger partial charge is 0.497 e. The molecular weight excluding hydrogens is 766 g/mol. The molecule has 1 aromatic heterocycles. The van der Waals surface area contributed by atoms with Gasteiger partial charge < -0.3 is 19.5 Å². The minimum Gasteiger partial charge on any atom is -0.497 e. The predicted octanol–water partition coefficient (Wildman–Crippen LogP) is 9.12. The second-order valence-electron chi connectivity index (χ2n) is 21.3. The molecule has 1 N–H and O–H groups in total. The highest BCUT2D eigenvalue weighted by atomic mass is 35.5. The number of ketones is 1. The van der Waals surface area contributed by atoms with Crippen LogP contribution in [-0.2, 0) is 31.1 Å². The number of carbonyl (C=O) groups excluding carboxylic acids is 2. The lowest BCUT2D eigenvalue weighted by molar-refractivity contribution is -0.213. The Hall–Kier alpha value is -3.37. The molecule has 1 aromatic carbocycles. The molecule has 0 bridgehead atoms.